The molecule has 27 heavy (non-hydrogen) atoms. The Morgan fingerprint density at radius 2 is 1.70 bits per heavy atom. The van der Waals surface area contributed by atoms with E-state index in [0.29, 0.717) is 19.3 Å². The molecule has 0 aromatic heterocycles. The van der Waals surface area contributed by atoms with Crippen molar-refractivity contribution in [3.05, 3.63) is 35.9 Å². The first-order valence-electron chi connectivity index (χ1n) is 10.2. The SMILES string of the molecule is Cl.O=C1CCCC[C@]1(CCN1CCCCCC1)C(=O)OCc1ccccc1. The number of halogens is 1. The Labute approximate surface area is 169 Å². The predicted molar refractivity (Wildman–Crippen MR) is 109 cm³/mol. The third kappa shape index (κ3) is 5.79. The van der Waals surface area contributed by atoms with E-state index in [-0.39, 0.29) is 30.8 Å². The van der Waals surface area contributed by atoms with E-state index < -0.39 is 5.41 Å². The number of ether oxygens (including phenoxy) is 1. The second-order valence-electron chi connectivity index (χ2n) is 7.78. The monoisotopic (exact) mass is 393 g/mol. The van der Waals surface area contributed by atoms with Crippen molar-refractivity contribution in [1.82, 2.24) is 4.90 Å². The minimum Gasteiger partial charge on any atom is -0.460 e. The largest absolute Gasteiger partial charge is 0.460 e. The first-order valence-corrected chi connectivity index (χ1v) is 10.2. The zero-order valence-corrected chi connectivity index (χ0v) is 17.0. The summed E-state index contributed by atoms with van der Waals surface area (Å²) in [7, 11) is 0. The average Bonchev–Trinajstić information content (AvgIpc) is 2.95. The van der Waals surface area contributed by atoms with Crippen LogP contribution < -0.4 is 0 Å². The van der Waals surface area contributed by atoms with Crippen LogP contribution in [-0.2, 0) is 20.9 Å². The van der Waals surface area contributed by atoms with Crippen molar-refractivity contribution in [2.45, 2.75) is 64.4 Å². The van der Waals surface area contributed by atoms with Gasteiger partial charge in [-0.05, 0) is 57.3 Å². The molecule has 2 fully saturated rings. The Balaban J connectivity index is 0.00000261. The van der Waals surface area contributed by atoms with E-state index in [2.05, 4.69) is 4.90 Å². The molecule has 3 rings (SSSR count). The Morgan fingerprint density at radius 3 is 2.37 bits per heavy atom. The van der Waals surface area contributed by atoms with E-state index >= 15 is 0 Å². The van der Waals surface area contributed by atoms with Gasteiger partial charge in [0, 0.05) is 6.42 Å². The van der Waals surface area contributed by atoms with Crippen molar-refractivity contribution in [2.75, 3.05) is 19.6 Å². The van der Waals surface area contributed by atoms with E-state index in [9.17, 15) is 9.59 Å². The van der Waals surface area contributed by atoms with Crippen LogP contribution in [0.4, 0.5) is 0 Å². The predicted octanol–water partition coefficient (Wildman–Crippen LogP) is 4.55. The van der Waals surface area contributed by atoms with E-state index in [4.69, 9.17) is 4.74 Å². The second kappa shape index (κ2) is 10.8. The number of hydrogen-bond donors (Lipinski definition) is 0. The van der Waals surface area contributed by atoms with Gasteiger partial charge in [-0.15, -0.1) is 12.4 Å². The standard InChI is InChI=1S/C22H31NO3.ClH/c24-20-12-6-7-13-22(20,14-17-23-15-8-1-2-9-16-23)21(25)26-18-19-10-4-3-5-11-19;/h3-5,10-11H,1-2,6-9,12-18H2;1H/t22-;/m1./s1. The van der Waals surface area contributed by atoms with Crippen molar-refractivity contribution in [3.63, 3.8) is 0 Å². The van der Waals surface area contributed by atoms with E-state index in [1.165, 1.54) is 25.7 Å². The van der Waals surface area contributed by atoms with Gasteiger partial charge in [0.15, 0.2) is 0 Å². The summed E-state index contributed by atoms with van der Waals surface area (Å²) in [4.78, 5) is 28.2. The molecule has 1 saturated heterocycles. The maximum Gasteiger partial charge on any atom is 0.320 e. The van der Waals surface area contributed by atoms with Crippen LogP contribution in [0.3, 0.4) is 0 Å². The minimum atomic E-state index is -0.917. The maximum atomic E-state index is 13.0. The number of benzene rings is 1. The molecule has 0 N–H and O–H groups in total. The van der Waals surface area contributed by atoms with Crippen LogP contribution in [-0.4, -0.2) is 36.3 Å². The zero-order valence-electron chi connectivity index (χ0n) is 16.2. The first kappa shape index (κ1) is 21.9. The molecule has 1 aromatic carbocycles. The van der Waals surface area contributed by atoms with Crippen molar-refractivity contribution >= 4 is 24.2 Å². The van der Waals surface area contributed by atoms with Crippen molar-refractivity contribution in [3.8, 4) is 0 Å². The van der Waals surface area contributed by atoms with Crippen molar-refractivity contribution in [2.24, 2.45) is 5.41 Å². The minimum absolute atomic E-state index is 0. The molecule has 0 unspecified atom stereocenters. The lowest BCUT2D eigenvalue weighted by Crippen LogP contribution is -2.45. The summed E-state index contributed by atoms with van der Waals surface area (Å²) in [5.74, 6) is -0.211. The van der Waals surface area contributed by atoms with E-state index in [1.54, 1.807) is 0 Å². The summed E-state index contributed by atoms with van der Waals surface area (Å²) in [6, 6.07) is 9.70. The molecular weight excluding hydrogens is 362 g/mol. The molecule has 1 saturated carbocycles. The van der Waals surface area contributed by atoms with Gasteiger partial charge in [-0.25, -0.2) is 0 Å². The molecule has 1 atom stereocenters. The fourth-order valence-electron chi connectivity index (χ4n) is 4.24. The number of ketones is 1. The second-order valence-corrected chi connectivity index (χ2v) is 7.78. The average molecular weight is 394 g/mol. The fourth-order valence-corrected chi connectivity index (χ4v) is 4.24. The number of rotatable bonds is 6. The molecule has 1 aliphatic heterocycles. The van der Waals surface area contributed by atoms with Gasteiger partial charge in [-0.3, -0.25) is 9.59 Å². The molecule has 1 heterocycles. The Morgan fingerprint density at radius 1 is 1.00 bits per heavy atom. The van der Waals surface area contributed by atoms with Crippen LogP contribution >= 0.6 is 12.4 Å². The molecule has 0 spiro atoms. The molecule has 0 bridgehead atoms. The summed E-state index contributed by atoms with van der Waals surface area (Å²) in [5, 5.41) is 0. The highest BCUT2D eigenvalue weighted by atomic mass is 35.5. The van der Waals surface area contributed by atoms with Gasteiger partial charge in [-0.2, -0.15) is 0 Å². The lowest BCUT2D eigenvalue weighted by molar-refractivity contribution is -0.164. The van der Waals surface area contributed by atoms with Gasteiger partial charge < -0.3 is 9.64 Å². The molecule has 4 nitrogen and oxygen atoms in total. The summed E-state index contributed by atoms with van der Waals surface area (Å²) >= 11 is 0. The maximum absolute atomic E-state index is 13.0. The lowest BCUT2D eigenvalue weighted by atomic mass is 9.70. The highest BCUT2D eigenvalue weighted by molar-refractivity contribution is 6.04. The third-order valence-electron chi connectivity index (χ3n) is 5.95. The molecule has 5 heteroatoms. The first-order chi connectivity index (χ1) is 12.7. The molecular formula is C22H32ClNO3. The van der Waals surface area contributed by atoms with E-state index in [0.717, 1.165) is 38.0 Å². The quantitative estimate of drug-likeness (QED) is 0.525. The van der Waals surface area contributed by atoms with Crippen LogP contribution in [0.15, 0.2) is 30.3 Å². The van der Waals surface area contributed by atoms with Gasteiger partial charge in [0.05, 0.1) is 0 Å². The lowest BCUT2D eigenvalue weighted by Gasteiger charge is -2.35. The topological polar surface area (TPSA) is 46.6 Å². The van der Waals surface area contributed by atoms with Gasteiger partial charge in [-0.1, -0.05) is 49.6 Å². The number of Topliss-reactive ketones (excluding diaryl/α,β-unsaturated/α-hetero) is 1. The van der Waals surface area contributed by atoms with Crippen LogP contribution in [0.5, 0.6) is 0 Å². The normalized spacial score (nSPS) is 23.9. The number of carbonyl (C=O) groups is 2. The Bertz CT molecular complexity index is 599. The summed E-state index contributed by atoms with van der Waals surface area (Å²) in [6.07, 6.45) is 8.63. The highest BCUT2D eigenvalue weighted by Gasteiger charge is 2.47. The van der Waals surface area contributed by atoms with E-state index in [1.807, 2.05) is 30.3 Å². The van der Waals surface area contributed by atoms with Gasteiger partial charge >= 0.3 is 5.97 Å². The Hall–Kier alpha value is -1.39. The molecule has 0 radical (unpaired) electrons. The summed E-state index contributed by atoms with van der Waals surface area (Å²) in [6.45, 7) is 3.25. The van der Waals surface area contributed by atoms with Crippen LogP contribution in [0.1, 0.15) is 63.4 Å². The number of nitrogens with zero attached hydrogens (tertiary/aromatic N) is 1. The fraction of sp³-hybridized carbons (Fsp3) is 0.636. The number of carbonyl (C=O) groups excluding carboxylic acids is 2. The van der Waals surface area contributed by atoms with Gasteiger partial charge in [0.1, 0.15) is 17.8 Å². The van der Waals surface area contributed by atoms with Crippen molar-refractivity contribution < 1.29 is 14.3 Å². The molecule has 1 aromatic rings. The molecule has 150 valence electrons. The van der Waals surface area contributed by atoms with Gasteiger partial charge in [0.2, 0.25) is 0 Å². The van der Waals surface area contributed by atoms with Crippen molar-refractivity contribution in [1.29, 1.82) is 0 Å². The molecule has 0 amide bonds. The van der Waals surface area contributed by atoms with Crippen LogP contribution in [0.2, 0.25) is 0 Å². The van der Waals surface area contributed by atoms with Crippen LogP contribution in [0, 0.1) is 5.41 Å². The van der Waals surface area contributed by atoms with Gasteiger partial charge in [0.25, 0.3) is 0 Å². The number of likely N-dealkylation sites (tertiary alicyclic amines) is 1. The molecule has 2 aliphatic rings. The zero-order chi connectivity index (χ0) is 18.2. The highest BCUT2D eigenvalue weighted by Crippen LogP contribution is 2.38. The molecule has 1 aliphatic carbocycles. The smallest absolute Gasteiger partial charge is 0.320 e. The summed E-state index contributed by atoms with van der Waals surface area (Å²) in [5.41, 5.74) is 0.0473. The summed E-state index contributed by atoms with van der Waals surface area (Å²) < 4.78 is 5.63. The Kier molecular flexibility index (Phi) is 8.78. The number of hydrogen-bond acceptors (Lipinski definition) is 4. The third-order valence-corrected chi connectivity index (χ3v) is 5.95. The number of esters is 1. The van der Waals surface area contributed by atoms with Crippen LogP contribution in [0.25, 0.3) is 0 Å².